The van der Waals surface area contributed by atoms with Crippen LogP contribution in [0.3, 0.4) is 0 Å². The van der Waals surface area contributed by atoms with Gasteiger partial charge in [0.15, 0.2) is 0 Å². The summed E-state index contributed by atoms with van der Waals surface area (Å²) in [6.45, 7) is 6.95. The van der Waals surface area contributed by atoms with Gasteiger partial charge in [-0.05, 0) is 57.2 Å². The van der Waals surface area contributed by atoms with Gasteiger partial charge in [-0.1, -0.05) is 28.1 Å². The van der Waals surface area contributed by atoms with Crippen molar-refractivity contribution in [2.24, 2.45) is 5.92 Å². The molecule has 0 N–H and O–H groups in total. The SMILES string of the molecule is CC(C)(C)OC(=O)N1CCC[C@@H](C(Br)c2cccc(F)c2)C1. The monoisotopic (exact) mass is 371 g/mol. The minimum absolute atomic E-state index is 0.0356. The average Bonchev–Trinajstić information content (AvgIpc) is 2.45. The molecule has 1 aliphatic heterocycles. The molecule has 1 saturated heterocycles. The van der Waals surface area contributed by atoms with Crippen molar-refractivity contribution in [2.75, 3.05) is 13.1 Å². The van der Waals surface area contributed by atoms with Crippen LogP contribution in [0.15, 0.2) is 24.3 Å². The first kappa shape index (κ1) is 17.3. The van der Waals surface area contributed by atoms with E-state index in [-0.39, 0.29) is 22.7 Å². The molecule has 2 rings (SSSR count). The van der Waals surface area contributed by atoms with E-state index in [4.69, 9.17) is 4.74 Å². The molecular formula is C17H23BrFNO2. The van der Waals surface area contributed by atoms with Crippen LogP contribution in [-0.2, 0) is 4.74 Å². The molecule has 1 fully saturated rings. The number of amides is 1. The van der Waals surface area contributed by atoms with Crippen molar-refractivity contribution in [3.05, 3.63) is 35.6 Å². The van der Waals surface area contributed by atoms with Gasteiger partial charge in [0.2, 0.25) is 0 Å². The summed E-state index contributed by atoms with van der Waals surface area (Å²) in [5, 5.41) is 0. The molecule has 1 aromatic carbocycles. The molecular weight excluding hydrogens is 349 g/mol. The first-order valence-electron chi connectivity index (χ1n) is 7.64. The fourth-order valence-electron chi connectivity index (χ4n) is 2.69. The van der Waals surface area contributed by atoms with Gasteiger partial charge in [-0.15, -0.1) is 0 Å². The third-order valence-corrected chi connectivity index (χ3v) is 4.97. The molecule has 0 radical (unpaired) electrons. The van der Waals surface area contributed by atoms with Crippen molar-refractivity contribution in [3.63, 3.8) is 0 Å². The van der Waals surface area contributed by atoms with Gasteiger partial charge in [0, 0.05) is 17.9 Å². The largest absolute Gasteiger partial charge is 0.444 e. The maximum atomic E-state index is 13.4. The number of hydrogen-bond donors (Lipinski definition) is 0. The Morgan fingerprint density at radius 1 is 1.45 bits per heavy atom. The van der Waals surface area contributed by atoms with Crippen LogP contribution in [0.4, 0.5) is 9.18 Å². The number of rotatable bonds is 2. The molecule has 0 bridgehead atoms. The standard InChI is InChI=1S/C17H23BrFNO2/c1-17(2,3)22-16(21)20-9-5-7-13(11-20)15(18)12-6-4-8-14(19)10-12/h4,6,8,10,13,15H,5,7,9,11H2,1-3H3/t13-,15?/m1/s1. The van der Waals surface area contributed by atoms with Crippen molar-refractivity contribution < 1.29 is 13.9 Å². The predicted molar refractivity (Wildman–Crippen MR) is 88.6 cm³/mol. The molecule has 3 nitrogen and oxygen atoms in total. The number of hydrogen-bond acceptors (Lipinski definition) is 2. The van der Waals surface area contributed by atoms with E-state index in [2.05, 4.69) is 15.9 Å². The van der Waals surface area contributed by atoms with E-state index >= 15 is 0 Å². The van der Waals surface area contributed by atoms with Crippen LogP contribution in [-0.4, -0.2) is 29.7 Å². The smallest absolute Gasteiger partial charge is 0.410 e. The van der Waals surface area contributed by atoms with Gasteiger partial charge in [0.05, 0.1) is 0 Å². The first-order chi connectivity index (χ1) is 10.3. The van der Waals surface area contributed by atoms with E-state index in [1.807, 2.05) is 26.8 Å². The number of alkyl halides is 1. The number of ether oxygens (including phenoxy) is 1. The summed E-state index contributed by atoms with van der Waals surface area (Å²) in [5.74, 6) is 0.0184. The zero-order valence-electron chi connectivity index (χ0n) is 13.3. The highest BCUT2D eigenvalue weighted by Crippen LogP contribution is 2.37. The second kappa shape index (κ2) is 6.99. The van der Waals surface area contributed by atoms with E-state index in [9.17, 15) is 9.18 Å². The second-order valence-electron chi connectivity index (χ2n) is 6.79. The third kappa shape index (κ3) is 4.70. The lowest BCUT2D eigenvalue weighted by Gasteiger charge is -2.36. The minimum atomic E-state index is -0.486. The molecule has 0 aromatic heterocycles. The molecule has 122 valence electrons. The van der Waals surface area contributed by atoms with Crippen LogP contribution in [0, 0.1) is 11.7 Å². The van der Waals surface area contributed by atoms with E-state index in [1.54, 1.807) is 17.0 Å². The molecule has 1 heterocycles. The van der Waals surface area contributed by atoms with Crippen LogP contribution >= 0.6 is 15.9 Å². The summed E-state index contributed by atoms with van der Waals surface area (Å²) >= 11 is 3.67. The lowest BCUT2D eigenvalue weighted by atomic mass is 9.91. The Hall–Kier alpha value is -1.10. The van der Waals surface area contributed by atoms with Crippen molar-refractivity contribution >= 4 is 22.0 Å². The lowest BCUT2D eigenvalue weighted by Crippen LogP contribution is -2.43. The van der Waals surface area contributed by atoms with E-state index < -0.39 is 5.60 Å². The molecule has 5 heteroatoms. The van der Waals surface area contributed by atoms with Crippen molar-refractivity contribution in [3.8, 4) is 0 Å². The number of carbonyl (C=O) groups is 1. The molecule has 1 unspecified atom stereocenters. The molecule has 0 saturated carbocycles. The first-order valence-corrected chi connectivity index (χ1v) is 8.55. The van der Waals surface area contributed by atoms with Crippen LogP contribution in [0.2, 0.25) is 0 Å². The summed E-state index contributed by atoms with van der Waals surface area (Å²) in [6, 6.07) is 6.62. The number of piperidine rings is 1. The quantitative estimate of drug-likeness (QED) is 0.691. The molecule has 22 heavy (non-hydrogen) atoms. The number of nitrogens with zero attached hydrogens (tertiary/aromatic N) is 1. The zero-order valence-corrected chi connectivity index (χ0v) is 14.9. The summed E-state index contributed by atoms with van der Waals surface area (Å²) in [7, 11) is 0. The summed E-state index contributed by atoms with van der Waals surface area (Å²) < 4.78 is 18.8. The van der Waals surface area contributed by atoms with Crippen molar-refractivity contribution in [1.82, 2.24) is 4.90 Å². The summed E-state index contributed by atoms with van der Waals surface area (Å²) in [4.78, 5) is 14.0. The molecule has 1 aromatic rings. The van der Waals surface area contributed by atoms with E-state index in [1.165, 1.54) is 6.07 Å². The van der Waals surface area contributed by atoms with Gasteiger partial charge in [0.1, 0.15) is 11.4 Å². The topological polar surface area (TPSA) is 29.5 Å². The average molecular weight is 372 g/mol. The zero-order chi connectivity index (χ0) is 16.3. The van der Waals surface area contributed by atoms with E-state index in [0.29, 0.717) is 13.1 Å². The van der Waals surface area contributed by atoms with Gasteiger partial charge < -0.3 is 9.64 Å². The Labute approximate surface area is 140 Å². The Morgan fingerprint density at radius 2 is 2.18 bits per heavy atom. The minimum Gasteiger partial charge on any atom is -0.444 e. The van der Waals surface area contributed by atoms with Crippen molar-refractivity contribution in [2.45, 2.75) is 44.0 Å². The summed E-state index contributed by atoms with van der Waals surface area (Å²) in [6.07, 6.45) is 1.67. The maximum absolute atomic E-state index is 13.4. The predicted octanol–water partition coefficient (Wildman–Crippen LogP) is 4.91. The van der Waals surface area contributed by atoms with E-state index in [0.717, 1.165) is 18.4 Å². The Bertz CT molecular complexity index is 530. The fraction of sp³-hybridized carbons (Fsp3) is 0.588. The van der Waals surface area contributed by atoms with Gasteiger partial charge in [-0.25, -0.2) is 9.18 Å². The maximum Gasteiger partial charge on any atom is 0.410 e. The van der Waals surface area contributed by atoms with Gasteiger partial charge in [0.25, 0.3) is 0 Å². The molecule has 0 spiro atoms. The molecule has 1 aliphatic rings. The van der Waals surface area contributed by atoms with Gasteiger partial charge >= 0.3 is 6.09 Å². The normalized spacial score (nSPS) is 20.6. The highest BCUT2D eigenvalue weighted by molar-refractivity contribution is 9.09. The van der Waals surface area contributed by atoms with Crippen LogP contribution in [0.25, 0.3) is 0 Å². The highest BCUT2D eigenvalue weighted by Gasteiger charge is 2.31. The molecule has 2 atom stereocenters. The third-order valence-electron chi connectivity index (χ3n) is 3.69. The van der Waals surface area contributed by atoms with Crippen LogP contribution < -0.4 is 0 Å². The van der Waals surface area contributed by atoms with Crippen LogP contribution in [0.1, 0.15) is 44.0 Å². The highest BCUT2D eigenvalue weighted by atomic mass is 79.9. The van der Waals surface area contributed by atoms with Crippen LogP contribution in [0.5, 0.6) is 0 Å². The number of halogens is 2. The fourth-order valence-corrected chi connectivity index (χ4v) is 3.41. The number of benzene rings is 1. The number of likely N-dealkylation sites (tertiary alicyclic amines) is 1. The Kier molecular flexibility index (Phi) is 5.48. The van der Waals surface area contributed by atoms with Crippen molar-refractivity contribution in [1.29, 1.82) is 0 Å². The van der Waals surface area contributed by atoms with Gasteiger partial charge in [-0.3, -0.25) is 0 Å². The van der Waals surface area contributed by atoms with Gasteiger partial charge in [-0.2, -0.15) is 0 Å². The molecule has 1 amide bonds. The lowest BCUT2D eigenvalue weighted by molar-refractivity contribution is 0.0165. The second-order valence-corrected chi connectivity index (χ2v) is 7.77. The number of carbonyl (C=O) groups excluding carboxylic acids is 1. The Morgan fingerprint density at radius 3 is 2.82 bits per heavy atom. The molecule has 0 aliphatic carbocycles. The summed E-state index contributed by atoms with van der Waals surface area (Å²) in [5.41, 5.74) is 0.427. The Balaban J connectivity index is 2.02.